The monoisotopic (exact) mass is 474 g/mol. The Hall–Kier alpha value is -3.05. The zero-order valence-corrected chi connectivity index (χ0v) is 20.0. The lowest BCUT2D eigenvalue weighted by atomic mass is 10.3. The van der Waals surface area contributed by atoms with E-state index < -0.39 is 0 Å². The summed E-state index contributed by atoms with van der Waals surface area (Å²) >= 11 is 1.61. The molecule has 33 heavy (non-hydrogen) atoms. The van der Waals surface area contributed by atoms with Gasteiger partial charge in [0, 0.05) is 26.0 Å². The molecule has 0 saturated carbocycles. The Kier molecular flexibility index (Phi) is 9.58. The smallest absolute Gasteiger partial charge is 0.258 e. The third-order valence-electron chi connectivity index (χ3n) is 4.58. The van der Waals surface area contributed by atoms with Crippen LogP contribution in [0.1, 0.15) is 13.3 Å². The summed E-state index contributed by atoms with van der Waals surface area (Å²) in [6.07, 6.45) is 2.77. The molecule has 3 rings (SSSR count). The molecule has 0 atom stereocenters. The standard InChI is InChI=1S/C22H30N6O4S/c1-4-13-33-22-26-20(24-10-12-30-2)16-14-25-28(21(16)27-22)11-9-23-19(29)15-32-18-8-6-5-7-17(18)31-3/h5-8,14H,4,9-13,15H2,1-3H3,(H,23,29)(H,24,26,27). The second-order valence-electron chi connectivity index (χ2n) is 7.02. The third kappa shape index (κ3) is 6.96. The zero-order chi connectivity index (χ0) is 23.5. The summed E-state index contributed by atoms with van der Waals surface area (Å²) in [4.78, 5) is 21.5. The number of carbonyl (C=O) groups excluding carboxylic acids is 1. The maximum absolute atomic E-state index is 12.2. The fraction of sp³-hybridized carbons (Fsp3) is 0.455. The quantitative estimate of drug-likeness (QED) is 0.207. The Bertz CT molecular complexity index is 1040. The molecule has 1 amide bonds. The summed E-state index contributed by atoms with van der Waals surface area (Å²) in [6.45, 7) is 4.07. The summed E-state index contributed by atoms with van der Waals surface area (Å²) < 4.78 is 17.7. The van der Waals surface area contributed by atoms with E-state index in [9.17, 15) is 4.79 Å². The minimum atomic E-state index is -0.229. The van der Waals surface area contributed by atoms with Gasteiger partial charge in [-0.1, -0.05) is 30.8 Å². The molecule has 0 fully saturated rings. The highest BCUT2D eigenvalue weighted by atomic mass is 32.2. The lowest BCUT2D eigenvalue weighted by Crippen LogP contribution is -2.31. The van der Waals surface area contributed by atoms with Crippen molar-refractivity contribution in [3.05, 3.63) is 30.5 Å². The van der Waals surface area contributed by atoms with Crippen LogP contribution >= 0.6 is 11.8 Å². The number of amides is 1. The van der Waals surface area contributed by atoms with E-state index in [0.29, 0.717) is 42.9 Å². The number of rotatable bonds is 14. The van der Waals surface area contributed by atoms with Crippen LogP contribution in [-0.4, -0.2) is 71.9 Å². The van der Waals surface area contributed by atoms with Crippen molar-refractivity contribution in [3.8, 4) is 11.5 Å². The normalized spacial score (nSPS) is 10.9. The van der Waals surface area contributed by atoms with Gasteiger partial charge in [-0.25, -0.2) is 14.6 Å². The van der Waals surface area contributed by atoms with Gasteiger partial charge >= 0.3 is 0 Å². The van der Waals surface area contributed by atoms with Crippen LogP contribution in [0.4, 0.5) is 5.82 Å². The first-order valence-corrected chi connectivity index (χ1v) is 11.8. The van der Waals surface area contributed by atoms with Gasteiger partial charge in [0.25, 0.3) is 5.91 Å². The van der Waals surface area contributed by atoms with E-state index >= 15 is 0 Å². The number of nitrogens with one attached hydrogen (secondary N) is 2. The van der Waals surface area contributed by atoms with Crippen molar-refractivity contribution in [2.24, 2.45) is 0 Å². The summed E-state index contributed by atoms with van der Waals surface area (Å²) in [6, 6.07) is 7.21. The van der Waals surface area contributed by atoms with E-state index in [1.807, 2.05) is 12.1 Å². The van der Waals surface area contributed by atoms with Gasteiger partial charge in [0.15, 0.2) is 28.9 Å². The van der Waals surface area contributed by atoms with Crippen LogP contribution in [0.5, 0.6) is 11.5 Å². The summed E-state index contributed by atoms with van der Waals surface area (Å²) in [7, 11) is 3.22. The summed E-state index contributed by atoms with van der Waals surface area (Å²) in [5, 5.41) is 12.1. The molecule has 2 heterocycles. The first-order chi connectivity index (χ1) is 16.2. The first kappa shape index (κ1) is 24.6. The van der Waals surface area contributed by atoms with Crippen molar-refractivity contribution in [1.29, 1.82) is 0 Å². The van der Waals surface area contributed by atoms with Gasteiger partial charge in [0.1, 0.15) is 5.82 Å². The SMILES string of the molecule is CCCSc1nc(NCCOC)c2cnn(CCNC(=O)COc3ccccc3OC)c2n1. The first-order valence-electron chi connectivity index (χ1n) is 10.8. The number of fused-ring (bicyclic) bond motifs is 1. The molecule has 0 aliphatic carbocycles. The summed E-state index contributed by atoms with van der Waals surface area (Å²) in [5.41, 5.74) is 0.725. The average molecular weight is 475 g/mol. The Morgan fingerprint density at radius 3 is 2.73 bits per heavy atom. The van der Waals surface area contributed by atoms with E-state index in [4.69, 9.17) is 14.2 Å². The second kappa shape index (κ2) is 12.9. The molecule has 10 nitrogen and oxygen atoms in total. The van der Waals surface area contributed by atoms with Gasteiger partial charge in [0.2, 0.25) is 0 Å². The van der Waals surface area contributed by atoms with Gasteiger partial charge in [-0.15, -0.1) is 0 Å². The largest absolute Gasteiger partial charge is 0.493 e. The number of hydrogen-bond acceptors (Lipinski definition) is 9. The highest BCUT2D eigenvalue weighted by molar-refractivity contribution is 7.99. The zero-order valence-electron chi connectivity index (χ0n) is 19.2. The van der Waals surface area contributed by atoms with Crippen molar-refractivity contribution < 1.29 is 19.0 Å². The molecule has 0 aliphatic rings. The Balaban J connectivity index is 1.61. The minimum Gasteiger partial charge on any atom is -0.493 e. The van der Waals surface area contributed by atoms with Gasteiger partial charge in [-0.3, -0.25) is 4.79 Å². The Labute approximate surface area is 197 Å². The van der Waals surface area contributed by atoms with Crippen LogP contribution in [0.2, 0.25) is 0 Å². The van der Waals surface area contributed by atoms with E-state index in [1.165, 1.54) is 0 Å². The number of methoxy groups -OCH3 is 2. The number of anilines is 1. The molecule has 178 valence electrons. The lowest BCUT2D eigenvalue weighted by molar-refractivity contribution is -0.123. The molecule has 0 bridgehead atoms. The maximum atomic E-state index is 12.2. The van der Waals surface area contributed by atoms with E-state index in [1.54, 1.807) is 49.0 Å². The highest BCUT2D eigenvalue weighted by Gasteiger charge is 2.14. The molecule has 0 unspecified atom stereocenters. The van der Waals surface area contributed by atoms with Crippen LogP contribution in [0.15, 0.2) is 35.6 Å². The highest BCUT2D eigenvalue weighted by Crippen LogP contribution is 2.26. The van der Waals surface area contributed by atoms with E-state index in [0.717, 1.165) is 29.0 Å². The number of ether oxygens (including phenoxy) is 3. The Morgan fingerprint density at radius 2 is 1.97 bits per heavy atom. The van der Waals surface area contributed by atoms with Crippen LogP contribution in [-0.2, 0) is 16.1 Å². The number of nitrogens with zero attached hydrogens (tertiary/aromatic N) is 4. The van der Waals surface area contributed by atoms with Crippen molar-refractivity contribution >= 4 is 34.5 Å². The number of aromatic nitrogens is 4. The topological polar surface area (TPSA) is 112 Å². The van der Waals surface area contributed by atoms with Crippen LogP contribution < -0.4 is 20.1 Å². The van der Waals surface area contributed by atoms with Crippen LogP contribution in [0.25, 0.3) is 11.0 Å². The number of benzene rings is 1. The molecule has 11 heteroatoms. The molecular weight excluding hydrogens is 444 g/mol. The van der Waals surface area contributed by atoms with Crippen LogP contribution in [0, 0.1) is 0 Å². The number of hydrogen-bond donors (Lipinski definition) is 2. The molecule has 2 N–H and O–H groups in total. The van der Waals surface area contributed by atoms with Gasteiger partial charge in [-0.2, -0.15) is 5.10 Å². The third-order valence-corrected chi connectivity index (χ3v) is 5.64. The fourth-order valence-corrected chi connectivity index (χ4v) is 3.69. The molecule has 2 aromatic heterocycles. The van der Waals surface area contributed by atoms with E-state index in [2.05, 4.69) is 32.6 Å². The lowest BCUT2D eigenvalue weighted by Gasteiger charge is -2.11. The molecule has 0 saturated heterocycles. The second-order valence-corrected chi connectivity index (χ2v) is 8.08. The van der Waals surface area contributed by atoms with Crippen molar-refractivity contribution in [1.82, 2.24) is 25.1 Å². The van der Waals surface area contributed by atoms with Gasteiger partial charge in [-0.05, 0) is 18.6 Å². The van der Waals surface area contributed by atoms with Gasteiger partial charge < -0.3 is 24.8 Å². The average Bonchev–Trinajstić information content (AvgIpc) is 3.24. The van der Waals surface area contributed by atoms with E-state index in [-0.39, 0.29) is 12.5 Å². The summed E-state index contributed by atoms with van der Waals surface area (Å²) in [5.74, 6) is 2.54. The van der Waals surface area contributed by atoms with Crippen molar-refractivity contribution in [3.63, 3.8) is 0 Å². The number of thioether (sulfide) groups is 1. The Morgan fingerprint density at radius 1 is 1.15 bits per heavy atom. The number of para-hydroxylation sites is 2. The predicted octanol–water partition coefficient (Wildman–Crippen LogP) is 2.59. The molecule has 0 aliphatic heterocycles. The minimum absolute atomic E-state index is 0.103. The van der Waals surface area contributed by atoms with Gasteiger partial charge in [0.05, 0.1) is 31.8 Å². The maximum Gasteiger partial charge on any atom is 0.258 e. The molecule has 1 aromatic carbocycles. The molecule has 0 radical (unpaired) electrons. The van der Waals surface area contributed by atoms with Crippen molar-refractivity contribution in [2.45, 2.75) is 25.0 Å². The van der Waals surface area contributed by atoms with Crippen LogP contribution in [0.3, 0.4) is 0 Å². The fourth-order valence-electron chi connectivity index (χ4n) is 3.00. The molecular formula is C22H30N6O4S. The molecule has 0 spiro atoms. The molecule has 3 aromatic rings. The number of carbonyl (C=O) groups is 1. The van der Waals surface area contributed by atoms with Crippen molar-refractivity contribution in [2.75, 3.05) is 51.6 Å². The predicted molar refractivity (Wildman–Crippen MR) is 128 cm³/mol.